The number of para-hydroxylation sites is 1. The molecule has 0 saturated heterocycles. The van der Waals surface area contributed by atoms with E-state index < -0.39 is 0 Å². The van der Waals surface area contributed by atoms with Gasteiger partial charge in [0.15, 0.2) is 0 Å². The molecule has 0 aliphatic carbocycles. The van der Waals surface area contributed by atoms with Crippen molar-refractivity contribution in [2.75, 3.05) is 5.43 Å². The van der Waals surface area contributed by atoms with Gasteiger partial charge < -0.3 is 5.11 Å². The normalized spacial score (nSPS) is 10.7. The van der Waals surface area contributed by atoms with Crippen LogP contribution in [0.4, 0.5) is 5.95 Å². The van der Waals surface area contributed by atoms with Crippen molar-refractivity contribution >= 4 is 12.2 Å². The molecule has 0 unspecified atom stereocenters. The third-order valence-corrected chi connectivity index (χ3v) is 2.93. The maximum atomic E-state index is 9.64. The van der Waals surface area contributed by atoms with Crippen LogP contribution in [0.5, 0.6) is 5.75 Å². The van der Waals surface area contributed by atoms with Gasteiger partial charge >= 0.3 is 0 Å². The Bertz CT molecular complexity index is 789. The largest absolute Gasteiger partial charge is 0.507 e. The van der Waals surface area contributed by atoms with E-state index in [4.69, 9.17) is 0 Å². The average molecular weight is 291 g/mol. The number of phenolic OH excluding ortho intramolecular Hbond substituents is 1. The van der Waals surface area contributed by atoms with Gasteiger partial charge in [-0.3, -0.25) is 0 Å². The van der Waals surface area contributed by atoms with Gasteiger partial charge in [0.05, 0.1) is 18.1 Å². The smallest absolute Gasteiger partial charge is 0.263 e. The van der Waals surface area contributed by atoms with E-state index in [0.29, 0.717) is 11.3 Å². The highest BCUT2D eigenvalue weighted by molar-refractivity contribution is 5.83. The van der Waals surface area contributed by atoms with Crippen molar-refractivity contribution in [1.29, 1.82) is 0 Å². The minimum atomic E-state index is 0.158. The van der Waals surface area contributed by atoms with E-state index >= 15 is 0 Å². The molecule has 3 rings (SSSR count). The number of rotatable bonds is 4. The fourth-order valence-corrected chi connectivity index (χ4v) is 1.86. The number of benzene rings is 2. The summed E-state index contributed by atoms with van der Waals surface area (Å²) in [5.74, 6) is 0.443. The van der Waals surface area contributed by atoms with Gasteiger partial charge in [0.1, 0.15) is 5.75 Å². The summed E-state index contributed by atoms with van der Waals surface area (Å²) in [5.41, 5.74) is 4.96. The molecule has 0 atom stereocenters. The number of anilines is 1. The Hall–Kier alpha value is -3.28. The number of hydrogen-bond acceptors (Lipinski definition) is 6. The molecule has 0 aliphatic heterocycles. The fourth-order valence-electron chi connectivity index (χ4n) is 1.86. The van der Waals surface area contributed by atoms with Gasteiger partial charge in [-0.25, -0.2) is 10.4 Å². The molecule has 0 spiro atoms. The van der Waals surface area contributed by atoms with Gasteiger partial charge in [0.25, 0.3) is 5.95 Å². The lowest BCUT2D eigenvalue weighted by atomic mass is 10.2. The highest BCUT2D eigenvalue weighted by Gasteiger charge is 2.02. The minimum absolute atomic E-state index is 0.158. The van der Waals surface area contributed by atoms with Gasteiger partial charge in [0.2, 0.25) is 0 Å². The summed E-state index contributed by atoms with van der Waals surface area (Å²) >= 11 is 0. The molecule has 0 bridgehead atoms. The Balaban J connectivity index is 1.75. The average Bonchev–Trinajstić information content (AvgIpc) is 2.58. The van der Waals surface area contributed by atoms with Crippen molar-refractivity contribution < 1.29 is 5.11 Å². The van der Waals surface area contributed by atoms with Crippen molar-refractivity contribution in [2.45, 2.75) is 0 Å². The molecule has 0 aliphatic rings. The summed E-state index contributed by atoms with van der Waals surface area (Å²) in [6, 6.07) is 16.6. The number of hydrogen-bond donors (Lipinski definition) is 2. The number of hydrazone groups is 1. The molecular weight excluding hydrogens is 278 g/mol. The highest BCUT2D eigenvalue weighted by Crippen LogP contribution is 2.16. The van der Waals surface area contributed by atoms with E-state index in [2.05, 4.69) is 25.7 Å². The Morgan fingerprint density at radius 3 is 2.59 bits per heavy atom. The molecule has 2 aromatic carbocycles. The standard InChI is InChI=1S/C16H13N5O/c22-15-9-5-4-8-13(15)10-17-20-16-19-14(11-18-21-16)12-6-2-1-3-7-12/h1-11,22H,(H,19,20,21). The van der Waals surface area contributed by atoms with Gasteiger partial charge in [0, 0.05) is 11.1 Å². The van der Waals surface area contributed by atoms with E-state index in [1.54, 1.807) is 24.4 Å². The first kappa shape index (κ1) is 13.7. The zero-order chi connectivity index (χ0) is 15.2. The highest BCUT2D eigenvalue weighted by atomic mass is 16.3. The topological polar surface area (TPSA) is 83.3 Å². The van der Waals surface area contributed by atoms with Crippen LogP contribution in [0.1, 0.15) is 5.56 Å². The zero-order valence-corrected chi connectivity index (χ0v) is 11.6. The number of nitrogens with zero attached hydrogens (tertiary/aromatic N) is 4. The maximum Gasteiger partial charge on any atom is 0.263 e. The van der Waals surface area contributed by atoms with Crippen LogP contribution >= 0.6 is 0 Å². The third kappa shape index (κ3) is 3.24. The first-order valence-electron chi connectivity index (χ1n) is 6.65. The quantitative estimate of drug-likeness (QED) is 0.570. The van der Waals surface area contributed by atoms with Crippen LogP contribution in [-0.4, -0.2) is 26.5 Å². The molecule has 0 saturated carbocycles. The summed E-state index contributed by atoms with van der Waals surface area (Å²) in [5, 5.41) is 21.4. The molecule has 0 fully saturated rings. The van der Waals surface area contributed by atoms with Gasteiger partial charge in [-0.2, -0.15) is 10.2 Å². The zero-order valence-electron chi connectivity index (χ0n) is 11.6. The summed E-state index contributed by atoms with van der Waals surface area (Å²) in [7, 11) is 0. The summed E-state index contributed by atoms with van der Waals surface area (Å²) in [6.45, 7) is 0. The van der Waals surface area contributed by atoms with E-state index in [-0.39, 0.29) is 11.7 Å². The monoisotopic (exact) mass is 291 g/mol. The van der Waals surface area contributed by atoms with Gasteiger partial charge in [-0.15, -0.1) is 5.10 Å². The van der Waals surface area contributed by atoms with E-state index in [1.165, 1.54) is 6.21 Å². The van der Waals surface area contributed by atoms with Crippen LogP contribution in [-0.2, 0) is 0 Å². The second-order valence-corrected chi connectivity index (χ2v) is 4.46. The predicted octanol–water partition coefficient (Wildman–Crippen LogP) is 2.69. The molecule has 0 amide bonds. The van der Waals surface area contributed by atoms with E-state index in [1.807, 2.05) is 36.4 Å². The molecule has 22 heavy (non-hydrogen) atoms. The third-order valence-electron chi connectivity index (χ3n) is 2.93. The Morgan fingerprint density at radius 1 is 1.00 bits per heavy atom. The van der Waals surface area contributed by atoms with Gasteiger partial charge in [-0.05, 0) is 12.1 Å². The molecule has 1 aromatic heterocycles. The lowest BCUT2D eigenvalue weighted by molar-refractivity contribution is 0.474. The molecule has 2 N–H and O–H groups in total. The summed E-state index contributed by atoms with van der Waals surface area (Å²) < 4.78 is 0. The number of nitrogens with one attached hydrogen (secondary N) is 1. The Morgan fingerprint density at radius 2 is 1.77 bits per heavy atom. The van der Waals surface area contributed by atoms with Crippen molar-refractivity contribution in [3.8, 4) is 17.0 Å². The number of aromatic hydroxyl groups is 1. The van der Waals surface area contributed by atoms with Crippen molar-refractivity contribution in [3.05, 3.63) is 66.4 Å². The number of phenols is 1. The maximum absolute atomic E-state index is 9.64. The van der Waals surface area contributed by atoms with Crippen LogP contribution in [0.3, 0.4) is 0 Å². The molecule has 0 radical (unpaired) electrons. The summed E-state index contributed by atoms with van der Waals surface area (Å²) in [4.78, 5) is 4.34. The first-order chi connectivity index (χ1) is 10.8. The lowest BCUT2D eigenvalue weighted by Gasteiger charge is -2.02. The van der Waals surface area contributed by atoms with Crippen molar-refractivity contribution in [3.63, 3.8) is 0 Å². The first-order valence-corrected chi connectivity index (χ1v) is 6.65. The molecule has 6 heteroatoms. The van der Waals surface area contributed by atoms with Crippen molar-refractivity contribution in [1.82, 2.24) is 15.2 Å². The van der Waals surface area contributed by atoms with Crippen LogP contribution in [0.2, 0.25) is 0 Å². The van der Waals surface area contributed by atoms with E-state index in [9.17, 15) is 5.11 Å². The molecule has 108 valence electrons. The second-order valence-electron chi connectivity index (χ2n) is 4.46. The van der Waals surface area contributed by atoms with Crippen LogP contribution in [0.25, 0.3) is 11.3 Å². The second kappa shape index (κ2) is 6.45. The van der Waals surface area contributed by atoms with Crippen molar-refractivity contribution in [2.24, 2.45) is 5.10 Å². The predicted molar refractivity (Wildman–Crippen MR) is 84.6 cm³/mol. The fraction of sp³-hybridized carbons (Fsp3) is 0. The molecular formula is C16H13N5O. The summed E-state index contributed by atoms with van der Waals surface area (Å²) in [6.07, 6.45) is 3.08. The SMILES string of the molecule is Oc1ccccc1C=NNc1nncc(-c2ccccc2)n1. The molecule has 1 heterocycles. The molecule has 6 nitrogen and oxygen atoms in total. The number of aromatic nitrogens is 3. The Labute approximate surface area is 127 Å². The van der Waals surface area contributed by atoms with Crippen LogP contribution < -0.4 is 5.43 Å². The van der Waals surface area contributed by atoms with E-state index in [0.717, 1.165) is 5.56 Å². The Kier molecular flexibility index (Phi) is 4.01. The van der Waals surface area contributed by atoms with Crippen LogP contribution in [0.15, 0.2) is 65.9 Å². The lowest BCUT2D eigenvalue weighted by Crippen LogP contribution is -2.00. The van der Waals surface area contributed by atoms with Gasteiger partial charge in [-0.1, -0.05) is 42.5 Å². The minimum Gasteiger partial charge on any atom is -0.507 e. The molecule has 3 aromatic rings. The van der Waals surface area contributed by atoms with Crippen LogP contribution in [0, 0.1) is 0 Å².